The molecule has 0 aromatic heterocycles. The number of nitrogens with one attached hydrogen (secondary N) is 1. The normalized spacial score (nSPS) is 20.7. The zero-order chi connectivity index (χ0) is 13.8. The molecular formula is C13H27N3O2. The van der Waals surface area contributed by atoms with Crippen molar-refractivity contribution in [2.45, 2.75) is 32.7 Å². The molecule has 18 heavy (non-hydrogen) atoms. The third-order valence-corrected chi connectivity index (χ3v) is 4.08. The minimum Gasteiger partial charge on any atom is -0.394 e. The van der Waals surface area contributed by atoms with E-state index in [0.717, 1.165) is 13.1 Å². The second-order valence-electron chi connectivity index (χ2n) is 6.07. The van der Waals surface area contributed by atoms with Crippen LogP contribution in [-0.2, 0) is 4.79 Å². The number of amides is 1. The number of nitrogens with two attached hydrogens (primary N) is 1. The van der Waals surface area contributed by atoms with E-state index in [0.29, 0.717) is 12.5 Å². The van der Waals surface area contributed by atoms with Crippen LogP contribution in [0.5, 0.6) is 0 Å². The number of hydrogen-bond acceptors (Lipinski definition) is 4. The summed E-state index contributed by atoms with van der Waals surface area (Å²) in [6, 6.07) is -0.807. The molecule has 4 N–H and O–H groups in total. The predicted octanol–water partition coefficient (Wildman–Crippen LogP) is -0.210. The number of rotatable bonds is 5. The first-order valence-corrected chi connectivity index (χ1v) is 6.69. The van der Waals surface area contributed by atoms with E-state index < -0.39 is 6.04 Å². The highest BCUT2D eigenvalue weighted by Crippen LogP contribution is 2.34. The van der Waals surface area contributed by atoms with E-state index >= 15 is 0 Å². The number of nitrogens with zero attached hydrogens (tertiary/aromatic N) is 1. The smallest absolute Gasteiger partial charge is 0.239 e. The van der Waals surface area contributed by atoms with Crippen LogP contribution in [0.1, 0.15) is 26.7 Å². The van der Waals surface area contributed by atoms with Gasteiger partial charge in [0.1, 0.15) is 6.04 Å². The Hall–Kier alpha value is -0.650. The molecule has 0 spiro atoms. The molecule has 1 amide bonds. The van der Waals surface area contributed by atoms with Gasteiger partial charge < -0.3 is 21.1 Å². The van der Waals surface area contributed by atoms with Gasteiger partial charge in [-0.05, 0) is 44.3 Å². The summed E-state index contributed by atoms with van der Waals surface area (Å²) in [5.41, 5.74) is 5.55. The first kappa shape index (κ1) is 15.4. The van der Waals surface area contributed by atoms with Crippen molar-refractivity contribution in [2.75, 3.05) is 33.3 Å². The summed E-state index contributed by atoms with van der Waals surface area (Å²) in [5, 5.41) is 11.7. The summed E-state index contributed by atoms with van der Waals surface area (Å²) in [6.45, 7) is 6.94. The molecule has 1 aliphatic rings. The van der Waals surface area contributed by atoms with Gasteiger partial charge in [0.05, 0.1) is 6.61 Å². The van der Waals surface area contributed by atoms with Gasteiger partial charge in [-0.2, -0.15) is 0 Å². The third kappa shape index (κ3) is 4.23. The van der Waals surface area contributed by atoms with Crippen LogP contribution in [0.2, 0.25) is 0 Å². The van der Waals surface area contributed by atoms with E-state index in [1.165, 1.54) is 12.8 Å². The summed E-state index contributed by atoms with van der Waals surface area (Å²) >= 11 is 0. The molecule has 0 saturated carbocycles. The maximum Gasteiger partial charge on any atom is 0.239 e. The fourth-order valence-corrected chi connectivity index (χ4v) is 2.46. The molecule has 0 aromatic carbocycles. The van der Waals surface area contributed by atoms with E-state index in [-0.39, 0.29) is 17.9 Å². The van der Waals surface area contributed by atoms with E-state index in [1.807, 2.05) is 0 Å². The van der Waals surface area contributed by atoms with Gasteiger partial charge in [0.25, 0.3) is 0 Å². The highest BCUT2D eigenvalue weighted by molar-refractivity contribution is 5.81. The van der Waals surface area contributed by atoms with E-state index in [4.69, 9.17) is 10.8 Å². The van der Waals surface area contributed by atoms with Crippen LogP contribution < -0.4 is 11.1 Å². The van der Waals surface area contributed by atoms with Crippen LogP contribution in [0.15, 0.2) is 0 Å². The third-order valence-electron chi connectivity index (χ3n) is 4.08. The Kier molecular flexibility index (Phi) is 5.56. The number of piperidine rings is 1. The van der Waals surface area contributed by atoms with E-state index in [9.17, 15) is 4.79 Å². The van der Waals surface area contributed by atoms with Gasteiger partial charge in [-0.25, -0.2) is 0 Å². The van der Waals surface area contributed by atoms with Crippen LogP contribution in [-0.4, -0.2) is 55.2 Å². The fraction of sp³-hybridized carbons (Fsp3) is 0.923. The van der Waals surface area contributed by atoms with Crippen molar-refractivity contribution in [3.8, 4) is 0 Å². The maximum atomic E-state index is 11.6. The Morgan fingerprint density at radius 3 is 2.56 bits per heavy atom. The zero-order valence-electron chi connectivity index (χ0n) is 11.8. The number of hydrogen-bond donors (Lipinski definition) is 3. The molecule has 106 valence electrons. The molecule has 1 rings (SSSR count). The van der Waals surface area contributed by atoms with Crippen molar-refractivity contribution in [3.05, 3.63) is 0 Å². The lowest BCUT2D eigenvalue weighted by atomic mass is 9.73. The standard InChI is InChI=1S/C13H27N3O2/c1-13(2,9-15-12(18)11(14)8-17)10-4-6-16(3)7-5-10/h10-11,17H,4-9,14H2,1-3H3,(H,15,18). The minimum absolute atomic E-state index is 0.0755. The molecule has 5 nitrogen and oxygen atoms in total. The van der Waals surface area contributed by atoms with Gasteiger partial charge in [-0.1, -0.05) is 13.8 Å². The summed E-state index contributed by atoms with van der Waals surface area (Å²) in [5.74, 6) is 0.359. The van der Waals surface area contributed by atoms with Gasteiger partial charge in [-0.15, -0.1) is 0 Å². The molecule has 5 heteroatoms. The second kappa shape index (κ2) is 6.50. The Balaban J connectivity index is 2.41. The molecule has 0 bridgehead atoms. The largest absolute Gasteiger partial charge is 0.394 e. The Labute approximate surface area is 110 Å². The highest BCUT2D eigenvalue weighted by atomic mass is 16.3. The number of carbonyl (C=O) groups excluding carboxylic acids is 1. The molecule has 0 aliphatic carbocycles. The molecule has 1 aliphatic heterocycles. The van der Waals surface area contributed by atoms with Crippen LogP contribution in [0.4, 0.5) is 0 Å². The van der Waals surface area contributed by atoms with Crippen molar-refractivity contribution >= 4 is 5.91 Å². The average Bonchev–Trinajstić information content (AvgIpc) is 2.35. The van der Waals surface area contributed by atoms with Gasteiger partial charge in [-0.3, -0.25) is 4.79 Å². The zero-order valence-corrected chi connectivity index (χ0v) is 11.8. The number of aliphatic hydroxyl groups excluding tert-OH is 1. The first-order valence-electron chi connectivity index (χ1n) is 6.69. The molecule has 1 atom stereocenters. The molecular weight excluding hydrogens is 230 g/mol. The van der Waals surface area contributed by atoms with Gasteiger partial charge >= 0.3 is 0 Å². The summed E-state index contributed by atoms with van der Waals surface area (Å²) in [6.07, 6.45) is 2.34. The average molecular weight is 257 g/mol. The van der Waals surface area contributed by atoms with Crippen LogP contribution in [0.25, 0.3) is 0 Å². The Bertz CT molecular complexity index is 273. The van der Waals surface area contributed by atoms with Crippen molar-refractivity contribution in [2.24, 2.45) is 17.1 Å². The van der Waals surface area contributed by atoms with Crippen LogP contribution >= 0.6 is 0 Å². The molecule has 0 radical (unpaired) electrons. The fourth-order valence-electron chi connectivity index (χ4n) is 2.46. The minimum atomic E-state index is -0.807. The van der Waals surface area contributed by atoms with E-state index in [1.54, 1.807) is 0 Å². The van der Waals surface area contributed by atoms with Gasteiger partial charge in [0, 0.05) is 6.54 Å². The van der Waals surface area contributed by atoms with Crippen molar-refractivity contribution < 1.29 is 9.90 Å². The molecule has 1 heterocycles. The van der Waals surface area contributed by atoms with Gasteiger partial charge in [0.2, 0.25) is 5.91 Å². The molecule has 1 fully saturated rings. The maximum absolute atomic E-state index is 11.6. The van der Waals surface area contributed by atoms with Crippen LogP contribution in [0.3, 0.4) is 0 Å². The lowest BCUT2D eigenvalue weighted by molar-refractivity contribution is -0.123. The van der Waals surface area contributed by atoms with Crippen molar-refractivity contribution in [3.63, 3.8) is 0 Å². The number of likely N-dealkylation sites (tertiary alicyclic amines) is 1. The molecule has 1 unspecified atom stereocenters. The Morgan fingerprint density at radius 1 is 1.50 bits per heavy atom. The monoisotopic (exact) mass is 257 g/mol. The second-order valence-corrected chi connectivity index (χ2v) is 6.07. The lowest BCUT2D eigenvalue weighted by Gasteiger charge is -2.39. The quantitative estimate of drug-likeness (QED) is 0.637. The highest BCUT2D eigenvalue weighted by Gasteiger charge is 2.32. The first-order chi connectivity index (χ1) is 8.36. The number of carbonyl (C=O) groups is 1. The van der Waals surface area contributed by atoms with Crippen molar-refractivity contribution in [1.29, 1.82) is 0 Å². The van der Waals surface area contributed by atoms with Gasteiger partial charge in [0.15, 0.2) is 0 Å². The number of aliphatic hydroxyl groups is 1. The van der Waals surface area contributed by atoms with E-state index in [2.05, 4.69) is 31.1 Å². The summed E-state index contributed by atoms with van der Waals surface area (Å²) < 4.78 is 0. The summed E-state index contributed by atoms with van der Waals surface area (Å²) in [4.78, 5) is 13.9. The SMILES string of the molecule is CN1CCC(C(C)(C)CNC(=O)C(N)CO)CC1. The van der Waals surface area contributed by atoms with Crippen molar-refractivity contribution in [1.82, 2.24) is 10.2 Å². The van der Waals surface area contributed by atoms with Crippen LogP contribution in [0, 0.1) is 11.3 Å². The molecule has 1 saturated heterocycles. The lowest BCUT2D eigenvalue weighted by Crippen LogP contribution is -2.48. The predicted molar refractivity (Wildman–Crippen MR) is 72.1 cm³/mol. The molecule has 0 aromatic rings. The Morgan fingerprint density at radius 2 is 2.06 bits per heavy atom. The topological polar surface area (TPSA) is 78.6 Å². The summed E-state index contributed by atoms with van der Waals surface area (Å²) in [7, 11) is 2.14.